The Hall–Kier alpha value is -0.220. The van der Waals surface area contributed by atoms with Crippen LogP contribution in [0.2, 0.25) is 0 Å². The van der Waals surface area contributed by atoms with Crippen LogP contribution < -0.4 is 3.83 Å². The quantitative estimate of drug-likeness (QED) is 0.848. The van der Waals surface area contributed by atoms with E-state index in [9.17, 15) is 0 Å². The van der Waals surface area contributed by atoms with Crippen LogP contribution in [-0.4, -0.2) is 5.11 Å². The molecule has 54 valence electrons. The van der Waals surface area contributed by atoms with E-state index in [1.165, 1.54) is 0 Å². The van der Waals surface area contributed by atoms with Gasteiger partial charge in [0.05, 0.1) is 4.47 Å². The Kier molecular flexibility index (Phi) is 2.56. The van der Waals surface area contributed by atoms with Gasteiger partial charge in [0.1, 0.15) is 5.75 Å². The van der Waals surface area contributed by atoms with Gasteiger partial charge in [-0.3, -0.25) is 0 Å². The largest absolute Gasteiger partial charge is 0.508 e. The number of hydrogen-bond donors (Lipinski definition) is 1. The van der Waals surface area contributed by atoms with Crippen LogP contribution in [-0.2, 0) is 0 Å². The van der Waals surface area contributed by atoms with Gasteiger partial charge in [0.15, 0.2) is 22.0 Å². The molecule has 1 aromatic rings. The summed E-state index contributed by atoms with van der Waals surface area (Å²) in [4.78, 5) is 0. The minimum Gasteiger partial charge on any atom is -0.508 e. The lowest BCUT2D eigenvalue weighted by atomic mass is 10.3. The Labute approximate surface area is 75.4 Å². The summed E-state index contributed by atoms with van der Waals surface area (Å²) >= 11 is 6.01. The molecular formula is C6H4Br2O2. The molecule has 0 unspecified atom stereocenters. The van der Waals surface area contributed by atoms with Gasteiger partial charge < -0.3 is 8.93 Å². The van der Waals surface area contributed by atoms with Gasteiger partial charge in [0, 0.05) is 0 Å². The predicted octanol–water partition coefficient (Wildman–Crippen LogP) is 2.84. The Morgan fingerprint density at radius 1 is 1.40 bits per heavy atom. The number of phenolic OH excluding ortho intramolecular Hbond substituents is 1. The maximum Gasteiger partial charge on any atom is 0.179 e. The third kappa shape index (κ3) is 1.64. The van der Waals surface area contributed by atoms with Crippen molar-refractivity contribution in [2.45, 2.75) is 0 Å². The van der Waals surface area contributed by atoms with Gasteiger partial charge in [-0.15, -0.1) is 0 Å². The Morgan fingerprint density at radius 2 is 2.10 bits per heavy atom. The SMILES string of the molecule is Oc1ccc(OBr)c(Br)c1. The summed E-state index contributed by atoms with van der Waals surface area (Å²) in [6.07, 6.45) is 0. The van der Waals surface area contributed by atoms with E-state index in [2.05, 4.69) is 32.2 Å². The Morgan fingerprint density at radius 3 is 2.60 bits per heavy atom. The van der Waals surface area contributed by atoms with E-state index in [1.54, 1.807) is 18.2 Å². The lowest BCUT2D eigenvalue weighted by molar-refractivity contribution is 0.474. The molecule has 0 aliphatic heterocycles. The van der Waals surface area contributed by atoms with Crippen molar-refractivity contribution in [1.82, 2.24) is 0 Å². The van der Waals surface area contributed by atoms with Crippen molar-refractivity contribution >= 4 is 32.2 Å². The third-order valence-electron chi connectivity index (χ3n) is 0.999. The fraction of sp³-hybridized carbons (Fsp3) is 0. The summed E-state index contributed by atoms with van der Waals surface area (Å²) in [5.74, 6) is 0.845. The average molecular weight is 268 g/mol. The van der Waals surface area contributed by atoms with E-state index < -0.39 is 0 Å². The number of aromatic hydroxyl groups is 1. The van der Waals surface area contributed by atoms with Gasteiger partial charge in [-0.2, -0.15) is 0 Å². The van der Waals surface area contributed by atoms with Crippen LogP contribution in [0.4, 0.5) is 0 Å². The number of halogens is 2. The number of phenols is 1. The second-order valence-corrected chi connectivity index (χ2v) is 2.87. The lowest BCUT2D eigenvalue weighted by Gasteiger charge is -1.98. The zero-order valence-electron chi connectivity index (χ0n) is 4.84. The summed E-state index contributed by atoms with van der Waals surface area (Å²) in [5.41, 5.74) is 0. The van der Waals surface area contributed by atoms with Crippen LogP contribution in [0, 0.1) is 0 Å². The molecule has 1 rings (SSSR count). The first kappa shape index (κ1) is 7.88. The average Bonchev–Trinajstić information content (AvgIpc) is 1.88. The molecule has 2 nitrogen and oxygen atoms in total. The maximum absolute atomic E-state index is 8.93. The van der Waals surface area contributed by atoms with Gasteiger partial charge in [-0.1, -0.05) is 0 Å². The first-order chi connectivity index (χ1) is 4.74. The minimum atomic E-state index is 0.208. The van der Waals surface area contributed by atoms with Crippen molar-refractivity contribution in [2.75, 3.05) is 0 Å². The summed E-state index contributed by atoms with van der Waals surface area (Å²) in [6, 6.07) is 4.74. The molecule has 0 fully saturated rings. The fourth-order valence-corrected chi connectivity index (χ4v) is 1.50. The van der Waals surface area contributed by atoms with Gasteiger partial charge in [0.25, 0.3) is 0 Å². The van der Waals surface area contributed by atoms with E-state index in [-0.39, 0.29) is 5.75 Å². The second-order valence-electron chi connectivity index (χ2n) is 1.69. The molecule has 0 spiro atoms. The summed E-state index contributed by atoms with van der Waals surface area (Å²) in [5, 5.41) is 8.93. The topological polar surface area (TPSA) is 29.5 Å². The number of rotatable bonds is 1. The second kappa shape index (κ2) is 3.25. The van der Waals surface area contributed by atoms with Crippen molar-refractivity contribution in [1.29, 1.82) is 0 Å². The van der Waals surface area contributed by atoms with E-state index >= 15 is 0 Å². The van der Waals surface area contributed by atoms with Crippen LogP contribution in [0.5, 0.6) is 11.5 Å². The van der Waals surface area contributed by atoms with Crippen molar-refractivity contribution in [3.05, 3.63) is 22.7 Å². The molecule has 1 N–H and O–H groups in total. The highest BCUT2D eigenvalue weighted by Crippen LogP contribution is 2.29. The zero-order chi connectivity index (χ0) is 7.56. The maximum atomic E-state index is 8.93. The zero-order valence-corrected chi connectivity index (χ0v) is 8.02. The van der Waals surface area contributed by atoms with E-state index in [1.807, 2.05) is 0 Å². The normalized spacial score (nSPS) is 9.40. The molecule has 0 heterocycles. The molecule has 0 aromatic heterocycles. The molecule has 10 heavy (non-hydrogen) atoms. The van der Waals surface area contributed by atoms with Crippen LogP contribution in [0.1, 0.15) is 0 Å². The molecule has 4 heteroatoms. The first-order valence-corrected chi connectivity index (χ1v) is 3.95. The van der Waals surface area contributed by atoms with Gasteiger partial charge >= 0.3 is 0 Å². The Balaban J connectivity index is 3.07. The van der Waals surface area contributed by atoms with E-state index in [4.69, 9.17) is 8.93 Å². The van der Waals surface area contributed by atoms with Crippen LogP contribution >= 0.6 is 32.2 Å². The predicted molar refractivity (Wildman–Crippen MR) is 45.4 cm³/mol. The highest BCUT2D eigenvalue weighted by Gasteiger charge is 1.99. The van der Waals surface area contributed by atoms with Gasteiger partial charge in [0.2, 0.25) is 0 Å². The summed E-state index contributed by atoms with van der Waals surface area (Å²) < 4.78 is 5.47. The van der Waals surface area contributed by atoms with Crippen molar-refractivity contribution in [3.63, 3.8) is 0 Å². The summed E-state index contributed by atoms with van der Waals surface area (Å²) in [7, 11) is 0. The smallest absolute Gasteiger partial charge is 0.179 e. The minimum absolute atomic E-state index is 0.208. The van der Waals surface area contributed by atoms with Crippen LogP contribution in [0.15, 0.2) is 22.7 Å². The molecule has 0 bridgehead atoms. The molecule has 0 aliphatic carbocycles. The third-order valence-corrected chi connectivity index (χ3v) is 1.97. The number of benzene rings is 1. The molecule has 1 aromatic carbocycles. The fourth-order valence-electron chi connectivity index (χ4n) is 0.552. The molecule has 0 saturated carbocycles. The molecule has 0 aliphatic rings. The van der Waals surface area contributed by atoms with Gasteiger partial charge in [-0.25, -0.2) is 0 Å². The number of hydrogen-bond acceptors (Lipinski definition) is 2. The lowest BCUT2D eigenvalue weighted by Crippen LogP contribution is -1.74. The molecule has 0 amide bonds. The molecule has 0 saturated heterocycles. The summed E-state index contributed by atoms with van der Waals surface area (Å²) in [6.45, 7) is 0. The van der Waals surface area contributed by atoms with E-state index in [0.29, 0.717) is 10.2 Å². The van der Waals surface area contributed by atoms with Crippen LogP contribution in [0.25, 0.3) is 0 Å². The monoisotopic (exact) mass is 266 g/mol. The van der Waals surface area contributed by atoms with Crippen molar-refractivity contribution in [3.8, 4) is 11.5 Å². The van der Waals surface area contributed by atoms with Crippen molar-refractivity contribution in [2.24, 2.45) is 0 Å². The van der Waals surface area contributed by atoms with E-state index in [0.717, 1.165) is 0 Å². The van der Waals surface area contributed by atoms with Gasteiger partial charge in [-0.05, 0) is 34.1 Å². The van der Waals surface area contributed by atoms with Crippen molar-refractivity contribution < 1.29 is 8.93 Å². The molecule has 0 radical (unpaired) electrons. The highest BCUT2D eigenvalue weighted by atomic mass is 79.9. The highest BCUT2D eigenvalue weighted by molar-refractivity contribution is 9.10. The Bertz CT molecular complexity index is 237. The molecular weight excluding hydrogens is 264 g/mol. The molecule has 0 atom stereocenters. The van der Waals surface area contributed by atoms with Crippen LogP contribution in [0.3, 0.4) is 0 Å². The standard InChI is InChI=1S/C6H4Br2O2/c7-5-3-4(9)1-2-6(5)10-8/h1-3,9H. The first-order valence-electron chi connectivity index (χ1n) is 2.51.